The molecule has 1 unspecified atom stereocenters. The monoisotopic (exact) mass is 232 g/mol. The minimum Gasteiger partial charge on any atom is -0.481 e. The van der Waals surface area contributed by atoms with Crippen LogP contribution in [0, 0.1) is 0 Å². The van der Waals surface area contributed by atoms with Crippen LogP contribution in [0.3, 0.4) is 0 Å². The number of rotatable bonds is 4. The van der Waals surface area contributed by atoms with Crippen LogP contribution in [0.2, 0.25) is 0 Å². The summed E-state index contributed by atoms with van der Waals surface area (Å²) in [4.78, 5) is 11.3. The molecule has 0 aliphatic carbocycles. The Kier molecular flexibility index (Phi) is 3.15. The first-order valence-electron chi connectivity index (χ1n) is 5.62. The second-order valence-electron chi connectivity index (χ2n) is 4.18. The zero-order valence-corrected chi connectivity index (χ0v) is 9.76. The van der Waals surface area contributed by atoms with Gasteiger partial charge in [-0.25, -0.2) is 0 Å². The van der Waals surface area contributed by atoms with Crippen LogP contribution >= 0.6 is 0 Å². The fourth-order valence-corrected chi connectivity index (χ4v) is 2.23. The highest BCUT2D eigenvalue weighted by atomic mass is 16.4. The lowest BCUT2D eigenvalue weighted by Crippen LogP contribution is -2.15. The average molecular weight is 232 g/mol. The van der Waals surface area contributed by atoms with Crippen molar-refractivity contribution in [3.05, 3.63) is 36.0 Å². The molecule has 0 bridgehead atoms. The summed E-state index contributed by atoms with van der Waals surface area (Å²) in [5, 5.41) is 10.3. The molecule has 2 aromatic rings. The van der Waals surface area contributed by atoms with Crippen molar-refractivity contribution in [2.75, 3.05) is 6.54 Å². The van der Waals surface area contributed by atoms with Gasteiger partial charge in [-0.15, -0.1) is 0 Å². The first-order chi connectivity index (χ1) is 8.15. The zero-order valence-electron chi connectivity index (χ0n) is 9.76. The number of hydrogen-bond donors (Lipinski definition) is 2. The van der Waals surface area contributed by atoms with Crippen molar-refractivity contribution in [1.82, 2.24) is 4.57 Å². The largest absolute Gasteiger partial charge is 0.481 e. The van der Waals surface area contributed by atoms with E-state index in [9.17, 15) is 9.90 Å². The van der Waals surface area contributed by atoms with E-state index in [4.69, 9.17) is 5.73 Å². The van der Waals surface area contributed by atoms with Crippen molar-refractivity contribution in [1.29, 1.82) is 0 Å². The Labute approximate surface area is 99.7 Å². The Bertz CT molecular complexity index is 545. The van der Waals surface area contributed by atoms with E-state index < -0.39 is 11.9 Å². The third kappa shape index (κ3) is 2.03. The SMILES string of the molecule is Cn1cc(C(CCN)C(=O)O)c2ccccc21. The minimum atomic E-state index is -0.813. The van der Waals surface area contributed by atoms with E-state index >= 15 is 0 Å². The van der Waals surface area contributed by atoms with Crippen molar-refractivity contribution in [3.8, 4) is 0 Å². The predicted octanol–water partition coefficient (Wildman–Crippen LogP) is 1.70. The van der Waals surface area contributed by atoms with Crippen molar-refractivity contribution < 1.29 is 9.90 Å². The number of fused-ring (bicyclic) bond motifs is 1. The van der Waals surface area contributed by atoms with Crippen LogP contribution in [-0.4, -0.2) is 22.2 Å². The predicted molar refractivity (Wildman–Crippen MR) is 67.0 cm³/mol. The van der Waals surface area contributed by atoms with Crippen molar-refractivity contribution in [2.24, 2.45) is 12.8 Å². The van der Waals surface area contributed by atoms with Crippen molar-refractivity contribution >= 4 is 16.9 Å². The van der Waals surface area contributed by atoms with Gasteiger partial charge in [0.15, 0.2) is 0 Å². The number of nitrogens with zero attached hydrogens (tertiary/aromatic N) is 1. The van der Waals surface area contributed by atoms with Crippen molar-refractivity contribution in [2.45, 2.75) is 12.3 Å². The molecule has 0 amide bonds. The summed E-state index contributed by atoms with van der Waals surface area (Å²) in [5.41, 5.74) is 7.38. The van der Waals surface area contributed by atoms with Gasteiger partial charge in [-0.3, -0.25) is 4.79 Å². The van der Waals surface area contributed by atoms with Gasteiger partial charge < -0.3 is 15.4 Å². The molecule has 4 nitrogen and oxygen atoms in total. The van der Waals surface area contributed by atoms with Gasteiger partial charge >= 0.3 is 5.97 Å². The third-order valence-corrected chi connectivity index (χ3v) is 3.06. The van der Waals surface area contributed by atoms with Crippen LogP contribution in [-0.2, 0) is 11.8 Å². The van der Waals surface area contributed by atoms with Gasteiger partial charge in [0.25, 0.3) is 0 Å². The number of carboxylic acid groups (broad SMARTS) is 1. The molecule has 0 fully saturated rings. The lowest BCUT2D eigenvalue weighted by molar-refractivity contribution is -0.138. The summed E-state index contributed by atoms with van der Waals surface area (Å²) in [5.74, 6) is -1.34. The molecule has 1 heterocycles. The number of para-hydroxylation sites is 1. The summed E-state index contributed by atoms with van der Waals surface area (Å²) in [6, 6.07) is 7.81. The van der Waals surface area contributed by atoms with Gasteiger partial charge in [0.05, 0.1) is 5.92 Å². The second kappa shape index (κ2) is 4.59. The first kappa shape index (κ1) is 11.7. The number of nitrogens with two attached hydrogens (primary N) is 1. The second-order valence-corrected chi connectivity index (χ2v) is 4.18. The van der Waals surface area contributed by atoms with E-state index in [-0.39, 0.29) is 0 Å². The van der Waals surface area contributed by atoms with Crippen LogP contribution in [0.25, 0.3) is 10.9 Å². The Morgan fingerprint density at radius 3 is 2.82 bits per heavy atom. The van der Waals surface area contributed by atoms with Gasteiger partial charge in [0.1, 0.15) is 0 Å². The van der Waals surface area contributed by atoms with E-state index in [1.165, 1.54) is 0 Å². The number of benzene rings is 1. The molecule has 17 heavy (non-hydrogen) atoms. The average Bonchev–Trinajstić information content (AvgIpc) is 2.64. The molecule has 3 N–H and O–H groups in total. The maximum absolute atomic E-state index is 11.3. The van der Waals surface area contributed by atoms with Crippen LogP contribution < -0.4 is 5.73 Å². The number of aliphatic carboxylic acids is 1. The molecule has 0 aliphatic heterocycles. The molecule has 90 valence electrons. The molecule has 0 saturated heterocycles. The molecule has 0 radical (unpaired) electrons. The lowest BCUT2D eigenvalue weighted by atomic mass is 9.95. The summed E-state index contributed by atoms with van der Waals surface area (Å²) >= 11 is 0. The highest BCUT2D eigenvalue weighted by Gasteiger charge is 2.22. The van der Waals surface area contributed by atoms with Gasteiger partial charge in [0.2, 0.25) is 0 Å². The summed E-state index contributed by atoms with van der Waals surface area (Å²) in [7, 11) is 1.92. The lowest BCUT2D eigenvalue weighted by Gasteiger charge is -2.09. The van der Waals surface area contributed by atoms with E-state index in [0.29, 0.717) is 13.0 Å². The highest BCUT2D eigenvalue weighted by molar-refractivity contribution is 5.89. The Morgan fingerprint density at radius 1 is 1.47 bits per heavy atom. The third-order valence-electron chi connectivity index (χ3n) is 3.06. The van der Waals surface area contributed by atoms with Gasteiger partial charge in [-0.2, -0.15) is 0 Å². The number of hydrogen-bond acceptors (Lipinski definition) is 2. The summed E-state index contributed by atoms with van der Waals surface area (Å²) in [6.45, 7) is 0.375. The normalized spacial score (nSPS) is 12.8. The van der Waals surface area contributed by atoms with Gasteiger partial charge in [-0.05, 0) is 24.6 Å². The van der Waals surface area contributed by atoms with Crippen LogP contribution in [0.15, 0.2) is 30.5 Å². The maximum Gasteiger partial charge on any atom is 0.311 e. The van der Waals surface area contributed by atoms with E-state index in [0.717, 1.165) is 16.5 Å². The maximum atomic E-state index is 11.3. The molecular weight excluding hydrogens is 216 g/mol. The quantitative estimate of drug-likeness (QED) is 0.843. The molecule has 4 heteroatoms. The number of aryl methyl sites for hydroxylation is 1. The fraction of sp³-hybridized carbons (Fsp3) is 0.308. The van der Waals surface area contributed by atoms with E-state index in [2.05, 4.69) is 0 Å². The Morgan fingerprint density at radius 2 is 2.18 bits per heavy atom. The number of carbonyl (C=O) groups is 1. The Balaban J connectivity index is 2.57. The summed E-state index contributed by atoms with van der Waals surface area (Å²) in [6.07, 6.45) is 2.35. The topological polar surface area (TPSA) is 68.2 Å². The van der Waals surface area contributed by atoms with E-state index in [1.54, 1.807) is 0 Å². The fourth-order valence-electron chi connectivity index (χ4n) is 2.23. The number of aromatic nitrogens is 1. The van der Waals surface area contributed by atoms with Crippen LogP contribution in [0.1, 0.15) is 17.9 Å². The zero-order chi connectivity index (χ0) is 12.4. The molecule has 0 saturated carbocycles. The molecule has 1 aromatic heterocycles. The molecule has 1 atom stereocenters. The minimum absolute atomic E-state index is 0.375. The molecule has 0 aliphatic rings. The molecular formula is C13H16N2O2. The Hall–Kier alpha value is -1.81. The smallest absolute Gasteiger partial charge is 0.311 e. The molecule has 1 aromatic carbocycles. The number of carboxylic acids is 1. The van der Waals surface area contributed by atoms with Crippen LogP contribution in [0.5, 0.6) is 0 Å². The van der Waals surface area contributed by atoms with Gasteiger partial charge in [0, 0.05) is 24.1 Å². The van der Waals surface area contributed by atoms with E-state index in [1.807, 2.05) is 42.1 Å². The highest BCUT2D eigenvalue weighted by Crippen LogP contribution is 2.29. The van der Waals surface area contributed by atoms with Crippen LogP contribution in [0.4, 0.5) is 0 Å². The van der Waals surface area contributed by atoms with Gasteiger partial charge in [-0.1, -0.05) is 18.2 Å². The first-order valence-corrected chi connectivity index (χ1v) is 5.62. The van der Waals surface area contributed by atoms with Crippen molar-refractivity contribution in [3.63, 3.8) is 0 Å². The molecule has 2 rings (SSSR count). The summed E-state index contributed by atoms with van der Waals surface area (Å²) < 4.78 is 1.96. The molecule has 0 spiro atoms. The standard InChI is InChI=1S/C13H16N2O2/c1-15-8-11(10(6-7-14)13(16)17)9-4-2-3-5-12(9)15/h2-5,8,10H,6-7,14H2,1H3,(H,16,17).